The first-order chi connectivity index (χ1) is 5.89. The normalized spacial score (nSPS) is 8.42. The Bertz CT molecular complexity index is 261. The number of H-pyrrole nitrogens is 1. The van der Waals surface area contributed by atoms with E-state index in [9.17, 15) is 0 Å². The monoisotopic (exact) mass is 163 g/mol. The zero-order valence-corrected chi connectivity index (χ0v) is 6.68. The van der Waals surface area contributed by atoms with Gasteiger partial charge in [0.2, 0.25) is 0 Å². The summed E-state index contributed by atoms with van der Waals surface area (Å²) in [5.74, 6) is 0. The van der Waals surface area contributed by atoms with Crippen LogP contribution in [0.15, 0.2) is 30.9 Å². The van der Waals surface area contributed by atoms with E-state index < -0.39 is 0 Å². The second kappa shape index (κ2) is 4.95. The molecule has 0 saturated heterocycles. The SMILES string of the molecule is Cc1cccnc1.c1nnn[nH]1. The second-order valence-electron chi connectivity index (χ2n) is 2.09. The van der Waals surface area contributed by atoms with Gasteiger partial charge in [0.25, 0.3) is 0 Å². The average molecular weight is 163 g/mol. The van der Waals surface area contributed by atoms with Gasteiger partial charge in [0.1, 0.15) is 6.33 Å². The Kier molecular flexibility index (Phi) is 3.43. The minimum absolute atomic E-state index is 1.21. The van der Waals surface area contributed by atoms with Gasteiger partial charge in [-0.2, -0.15) is 0 Å². The number of aryl methyl sites for hydroxylation is 1. The van der Waals surface area contributed by atoms with Gasteiger partial charge < -0.3 is 0 Å². The second-order valence-corrected chi connectivity index (χ2v) is 2.09. The maximum absolute atomic E-state index is 3.88. The lowest BCUT2D eigenvalue weighted by Crippen LogP contribution is -1.69. The summed E-state index contributed by atoms with van der Waals surface area (Å²) in [5, 5.41) is 12.1. The van der Waals surface area contributed by atoms with Gasteiger partial charge in [-0.3, -0.25) is 4.98 Å². The van der Waals surface area contributed by atoms with Crippen LogP contribution in [0.5, 0.6) is 0 Å². The Morgan fingerprint density at radius 2 is 2.33 bits per heavy atom. The molecule has 0 aliphatic carbocycles. The highest BCUT2D eigenvalue weighted by Crippen LogP contribution is 1.88. The summed E-state index contributed by atoms with van der Waals surface area (Å²) in [6, 6.07) is 3.95. The minimum Gasteiger partial charge on any atom is -0.264 e. The number of pyridine rings is 1. The van der Waals surface area contributed by atoms with Crippen LogP contribution >= 0.6 is 0 Å². The molecule has 0 radical (unpaired) electrons. The summed E-state index contributed by atoms with van der Waals surface area (Å²) in [6.07, 6.45) is 5.01. The standard InChI is InChI=1S/C6H7N.CH2N4/c1-6-3-2-4-7-5-6;1-2-4-5-3-1/h2-5H,1H3;1H,(H,2,3,4,5). The Hall–Kier alpha value is -1.78. The summed E-state index contributed by atoms with van der Waals surface area (Å²) >= 11 is 0. The van der Waals surface area contributed by atoms with Crippen LogP contribution in [0.25, 0.3) is 0 Å². The van der Waals surface area contributed by atoms with Crippen molar-refractivity contribution in [1.82, 2.24) is 25.6 Å². The maximum Gasteiger partial charge on any atom is 0.135 e. The summed E-state index contributed by atoms with van der Waals surface area (Å²) < 4.78 is 0. The minimum atomic E-state index is 1.21. The predicted molar refractivity (Wildman–Crippen MR) is 43.2 cm³/mol. The molecular weight excluding hydrogens is 154 g/mol. The molecular formula is C7H9N5. The van der Waals surface area contributed by atoms with Crippen molar-refractivity contribution in [1.29, 1.82) is 0 Å². The van der Waals surface area contributed by atoms with Crippen molar-refractivity contribution in [3.05, 3.63) is 36.4 Å². The summed E-state index contributed by atoms with van der Waals surface area (Å²) in [5.41, 5.74) is 1.21. The van der Waals surface area contributed by atoms with Crippen molar-refractivity contribution < 1.29 is 0 Å². The Morgan fingerprint density at radius 1 is 1.42 bits per heavy atom. The summed E-state index contributed by atoms with van der Waals surface area (Å²) in [7, 11) is 0. The van der Waals surface area contributed by atoms with E-state index in [4.69, 9.17) is 0 Å². The highest BCUT2D eigenvalue weighted by Gasteiger charge is 1.73. The number of rotatable bonds is 0. The van der Waals surface area contributed by atoms with Gasteiger partial charge in [-0.25, -0.2) is 5.10 Å². The first kappa shape index (κ1) is 8.32. The van der Waals surface area contributed by atoms with Crippen LogP contribution in [-0.2, 0) is 0 Å². The molecule has 2 aromatic heterocycles. The van der Waals surface area contributed by atoms with E-state index in [1.165, 1.54) is 11.9 Å². The van der Waals surface area contributed by atoms with E-state index in [0.717, 1.165) is 0 Å². The number of aromatic amines is 1. The quantitative estimate of drug-likeness (QED) is 0.617. The Balaban J connectivity index is 0.000000127. The topological polar surface area (TPSA) is 67.3 Å². The van der Waals surface area contributed by atoms with Crippen LogP contribution in [-0.4, -0.2) is 25.6 Å². The Morgan fingerprint density at radius 3 is 2.58 bits per heavy atom. The van der Waals surface area contributed by atoms with Gasteiger partial charge in [-0.05, 0) is 29.0 Å². The highest BCUT2D eigenvalue weighted by atomic mass is 15.5. The zero-order chi connectivity index (χ0) is 8.65. The lowest BCUT2D eigenvalue weighted by molar-refractivity contribution is 0.881. The summed E-state index contributed by atoms with van der Waals surface area (Å²) in [4.78, 5) is 3.88. The molecule has 0 unspecified atom stereocenters. The van der Waals surface area contributed by atoms with Gasteiger partial charge in [0.15, 0.2) is 0 Å². The molecule has 62 valence electrons. The molecule has 2 heterocycles. The van der Waals surface area contributed by atoms with Crippen molar-refractivity contribution in [2.24, 2.45) is 0 Å². The van der Waals surface area contributed by atoms with Crippen LogP contribution in [0.3, 0.4) is 0 Å². The van der Waals surface area contributed by atoms with E-state index in [1.807, 2.05) is 25.3 Å². The lowest BCUT2D eigenvalue weighted by Gasteiger charge is -1.82. The third kappa shape index (κ3) is 3.40. The number of nitrogens with zero attached hydrogens (tertiary/aromatic N) is 4. The maximum atomic E-state index is 3.88. The Labute approximate surface area is 69.9 Å². The van der Waals surface area contributed by atoms with Crippen LogP contribution in [0.2, 0.25) is 0 Å². The molecule has 0 aliphatic rings. The first-order valence-electron chi connectivity index (χ1n) is 3.43. The van der Waals surface area contributed by atoms with Gasteiger partial charge in [-0.1, -0.05) is 6.07 Å². The molecule has 0 saturated carbocycles. The number of tetrazole rings is 1. The van der Waals surface area contributed by atoms with E-state index in [1.54, 1.807) is 6.20 Å². The van der Waals surface area contributed by atoms with Crippen LogP contribution < -0.4 is 0 Å². The molecule has 0 amide bonds. The van der Waals surface area contributed by atoms with Crippen molar-refractivity contribution in [3.63, 3.8) is 0 Å². The zero-order valence-electron chi connectivity index (χ0n) is 6.68. The number of aromatic nitrogens is 5. The fourth-order valence-corrected chi connectivity index (χ4v) is 0.577. The van der Waals surface area contributed by atoms with Crippen LogP contribution in [0, 0.1) is 6.92 Å². The van der Waals surface area contributed by atoms with Gasteiger partial charge >= 0.3 is 0 Å². The van der Waals surface area contributed by atoms with E-state index in [-0.39, 0.29) is 0 Å². The van der Waals surface area contributed by atoms with Crippen LogP contribution in [0.1, 0.15) is 5.56 Å². The lowest BCUT2D eigenvalue weighted by atomic mass is 10.3. The van der Waals surface area contributed by atoms with Crippen molar-refractivity contribution in [2.45, 2.75) is 6.92 Å². The first-order valence-corrected chi connectivity index (χ1v) is 3.43. The third-order valence-electron chi connectivity index (χ3n) is 1.08. The van der Waals surface area contributed by atoms with E-state index in [2.05, 4.69) is 25.6 Å². The van der Waals surface area contributed by atoms with E-state index >= 15 is 0 Å². The highest BCUT2D eigenvalue weighted by molar-refractivity contribution is 5.04. The largest absolute Gasteiger partial charge is 0.264 e. The molecule has 0 aromatic carbocycles. The van der Waals surface area contributed by atoms with Gasteiger partial charge in [0.05, 0.1) is 0 Å². The molecule has 0 spiro atoms. The molecule has 0 fully saturated rings. The average Bonchev–Trinajstić information content (AvgIpc) is 2.62. The molecule has 0 bridgehead atoms. The van der Waals surface area contributed by atoms with Crippen molar-refractivity contribution >= 4 is 0 Å². The smallest absolute Gasteiger partial charge is 0.135 e. The molecule has 1 N–H and O–H groups in total. The van der Waals surface area contributed by atoms with Gasteiger partial charge in [-0.15, -0.1) is 5.10 Å². The molecule has 0 atom stereocenters. The third-order valence-corrected chi connectivity index (χ3v) is 1.08. The number of hydrogen-bond donors (Lipinski definition) is 1. The molecule has 5 heteroatoms. The van der Waals surface area contributed by atoms with Crippen molar-refractivity contribution in [3.8, 4) is 0 Å². The fourth-order valence-electron chi connectivity index (χ4n) is 0.577. The molecule has 12 heavy (non-hydrogen) atoms. The number of nitrogens with one attached hydrogen (secondary N) is 1. The molecule has 0 aliphatic heterocycles. The summed E-state index contributed by atoms with van der Waals surface area (Å²) in [6.45, 7) is 2.02. The van der Waals surface area contributed by atoms with E-state index in [0.29, 0.717) is 0 Å². The molecule has 2 aromatic rings. The van der Waals surface area contributed by atoms with Crippen LogP contribution in [0.4, 0.5) is 0 Å². The fraction of sp³-hybridized carbons (Fsp3) is 0.143. The van der Waals surface area contributed by atoms with Crippen molar-refractivity contribution in [2.75, 3.05) is 0 Å². The number of hydrogen-bond acceptors (Lipinski definition) is 4. The molecule has 2 rings (SSSR count). The molecule has 5 nitrogen and oxygen atoms in total. The predicted octanol–water partition coefficient (Wildman–Crippen LogP) is 0.590. The van der Waals surface area contributed by atoms with Gasteiger partial charge in [0, 0.05) is 12.4 Å².